The zero-order valence-electron chi connectivity index (χ0n) is 9.35. The maximum Gasteiger partial charge on any atom is 0.179 e. The van der Waals surface area contributed by atoms with Gasteiger partial charge in [-0.25, -0.2) is 9.97 Å². The molecule has 0 aliphatic carbocycles. The summed E-state index contributed by atoms with van der Waals surface area (Å²) in [6.45, 7) is 0.728. The number of unbranched alkanes of at least 4 members (excludes halogenated alkanes) is 1. The Hall–Kier alpha value is -1.04. The SMILES string of the molecule is Cl.Cl.NCCCCc1nc2nc(N)ccc2[nH]1. The molecule has 96 valence electrons. The number of nitrogens with zero attached hydrogens (tertiary/aromatic N) is 2. The highest BCUT2D eigenvalue weighted by Crippen LogP contribution is 2.12. The lowest BCUT2D eigenvalue weighted by molar-refractivity contribution is 0.724. The van der Waals surface area contributed by atoms with Gasteiger partial charge in [0.05, 0.1) is 5.52 Å². The molecule has 0 aliphatic heterocycles. The van der Waals surface area contributed by atoms with E-state index in [4.69, 9.17) is 11.5 Å². The summed E-state index contributed by atoms with van der Waals surface area (Å²) in [5, 5.41) is 0. The number of fused-ring (bicyclic) bond motifs is 1. The third-order valence-corrected chi connectivity index (χ3v) is 2.28. The Bertz CT molecular complexity index is 457. The Labute approximate surface area is 112 Å². The predicted molar refractivity (Wildman–Crippen MR) is 74.8 cm³/mol. The summed E-state index contributed by atoms with van der Waals surface area (Å²) >= 11 is 0. The van der Waals surface area contributed by atoms with Crippen LogP contribution in [-0.4, -0.2) is 21.5 Å². The van der Waals surface area contributed by atoms with Crippen molar-refractivity contribution in [2.45, 2.75) is 19.3 Å². The summed E-state index contributed by atoms with van der Waals surface area (Å²) < 4.78 is 0. The molecule has 0 aromatic carbocycles. The summed E-state index contributed by atoms with van der Waals surface area (Å²) in [5.41, 5.74) is 12.6. The summed E-state index contributed by atoms with van der Waals surface area (Å²) in [5.74, 6) is 1.46. The number of halogens is 2. The summed E-state index contributed by atoms with van der Waals surface area (Å²) in [6.07, 6.45) is 2.98. The zero-order valence-corrected chi connectivity index (χ0v) is 11.0. The molecule has 5 N–H and O–H groups in total. The van der Waals surface area contributed by atoms with Gasteiger partial charge in [-0.2, -0.15) is 0 Å². The minimum absolute atomic E-state index is 0. The van der Waals surface area contributed by atoms with Crippen molar-refractivity contribution >= 4 is 41.8 Å². The molecule has 2 aromatic heterocycles. The zero-order chi connectivity index (χ0) is 10.7. The lowest BCUT2D eigenvalue weighted by atomic mass is 10.2. The number of rotatable bonds is 4. The van der Waals surface area contributed by atoms with Gasteiger partial charge in [-0.15, -0.1) is 24.8 Å². The normalized spacial score (nSPS) is 9.71. The fourth-order valence-corrected chi connectivity index (χ4v) is 1.51. The molecule has 5 nitrogen and oxygen atoms in total. The highest BCUT2D eigenvalue weighted by atomic mass is 35.5. The van der Waals surface area contributed by atoms with Crippen LogP contribution in [0.1, 0.15) is 18.7 Å². The number of anilines is 1. The lowest BCUT2D eigenvalue weighted by Crippen LogP contribution is -1.99. The molecule has 7 heteroatoms. The van der Waals surface area contributed by atoms with Crippen molar-refractivity contribution in [1.82, 2.24) is 15.0 Å². The number of H-pyrrole nitrogens is 1. The van der Waals surface area contributed by atoms with E-state index in [9.17, 15) is 0 Å². The largest absolute Gasteiger partial charge is 0.384 e. The molecule has 2 aromatic rings. The molecule has 0 radical (unpaired) electrons. The molecule has 0 atom stereocenters. The highest BCUT2D eigenvalue weighted by molar-refractivity contribution is 5.85. The Balaban J connectivity index is 0.00000128. The van der Waals surface area contributed by atoms with Crippen LogP contribution < -0.4 is 11.5 Å². The first-order valence-corrected chi connectivity index (χ1v) is 5.11. The van der Waals surface area contributed by atoms with Crippen molar-refractivity contribution in [2.24, 2.45) is 5.73 Å². The Kier molecular flexibility index (Phi) is 6.87. The number of hydrogen-bond donors (Lipinski definition) is 3. The van der Waals surface area contributed by atoms with E-state index >= 15 is 0 Å². The molecule has 17 heavy (non-hydrogen) atoms. The maximum atomic E-state index is 5.57. The van der Waals surface area contributed by atoms with Crippen LogP contribution in [0.2, 0.25) is 0 Å². The molecule has 2 heterocycles. The summed E-state index contributed by atoms with van der Waals surface area (Å²) in [6, 6.07) is 3.67. The van der Waals surface area contributed by atoms with Crippen LogP contribution in [0.5, 0.6) is 0 Å². The van der Waals surface area contributed by atoms with Crippen molar-refractivity contribution in [1.29, 1.82) is 0 Å². The van der Waals surface area contributed by atoms with E-state index in [0.29, 0.717) is 11.5 Å². The van der Waals surface area contributed by atoms with Crippen molar-refractivity contribution in [3.8, 4) is 0 Å². The Morgan fingerprint density at radius 2 is 1.88 bits per heavy atom. The van der Waals surface area contributed by atoms with Crippen molar-refractivity contribution < 1.29 is 0 Å². The van der Waals surface area contributed by atoms with E-state index in [0.717, 1.165) is 37.1 Å². The molecule has 2 rings (SSSR count). The van der Waals surface area contributed by atoms with Gasteiger partial charge >= 0.3 is 0 Å². The summed E-state index contributed by atoms with van der Waals surface area (Å²) in [7, 11) is 0. The smallest absolute Gasteiger partial charge is 0.179 e. The summed E-state index contributed by atoms with van der Waals surface area (Å²) in [4.78, 5) is 11.7. The second-order valence-corrected chi connectivity index (χ2v) is 3.54. The number of nitrogens with one attached hydrogen (secondary N) is 1. The predicted octanol–water partition coefficient (Wildman–Crippen LogP) is 1.67. The van der Waals surface area contributed by atoms with Crippen molar-refractivity contribution in [3.05, 3.63) is 18.0 Å². The average Bonchev–Trinajstić information content (AvgIpc) is 2.60. The number of nitrogen functional groups attached to an aromatic ring is 1. The molecule has 0 bridgehead atoms. The number of nitrogens with two attached hydrogens (primary N) is 2. The van der Waals surface area contributed by atoms with Gasteiger partial charge in [-0.05, 0) is 31.5 Å². The van der Waals surface area contributed by atoms with Crippen LogP contribution in [0.25, 0.3) is 11.2 Å². The Morgan fingerprint density at radius 3 is 2.59 bits per heavy atom. The van der Waals surface area contributed by atoms with Crippen LogP contribution in [0.4, 0.5) is 5.82 Å². The minimum Gasteiger partial charge on any atom is -0.384 e. The fraction of sp³-hybridized carbons (Fsp3) is 0.400. The van der Waals surface area contributed by atoms with Gasteiger partial charge in [0.1, 0.15) is 11.6 Å². The second kappa shape index (κ2) is 7.32. The second-order valence-electron chi connectivity index (χ2n) is 3.54. The third kappa shape index (κ3) is 4.03. The van der Waals surface area contributed by atoms with Crippen molar-refractivity contribution in [2.75, 3.05) is 12.3 Å². The quantitative estimate of drug-likeness (QED) is 0.741. The van der Waals surface area contributed by atoms with Gasteiger partial charge in [-0.3, -0.25) is 0 Å². The number of aromatic nitrogens is 3. The fourth-order valence-electron chi connectivity index (χ4n) is 1.51. The Morgan fingerprint density at radius 1 is 1.12 bits per heavy atom. The van der Waals surface area contributed by atoms with E-state index in [1.165, 1.54) is 0 Å². The first kappa shape index (κ1) is 16.0. The maximum absolute atomic E-state index is 5.57. The van der Waals surface area contributed by atoms with Crippen LogP contribution in [-0.2, 0) is 6.42 Å². The first-order valence-electron chi connectivity index (χ1n) is 5.11. The monoisotopic (exact) mass is 277 g/mol. The molecule has 0 spiro atoms. The first-order chi connectivity index (χ1) is 7.29. The van der Waals surface area contributed by atoms with Gasteiger partial charge in [-0.1, -0.05) is 0 Å². The van der Waals surface area contributed by atoms with E-state index in [2.05, 4.69) is 15.0 Å². The van der Waals surface area contributed by atoms with Crippen LogP contribution in [0.3, 0.4) is 0 Å². The number of imidazole rings is 1. The van der Waals surface area contributed by atoms with Gasteiger partial charge in [0.15, 0.2) is 5.65 Å². The van der Waals surface area contributed by atoms with Gasteiger partial charge < -0.3 is 16.5 Å². The number of pyridine rings is 1. The van der Waals surface area contributed by atoms with Gasteiger partial charge in [0.2, 0.25) is 0 Å². The number of aromatic amines is 1. The van der Waals surface area contributed by atoms with E-state index < -0.39 is 0 Å². The molecule has 0 amide bonds. The molecule has 0 fully saturated rings. The highest BCUT2D eigenvalue weighted by Gasteiger charge is 2.03. The van der Waals surface area contributed by atoms with Crippen LogP contribution in [0.15, 0.2) is 12.1 Å². The molecule has 0 aliphatic rings. The molecule has 0 saturated carbocycles. The average molecular weight is 278 g/mol. The number of hydrogen-bond acceptors (Lipinski definition) is 4. The lowest BCUT2D eigenvalue weighted by Gasteiger charge is -1.93. The number of aryl methyl sites for hydroxylation is 1. The van der Waals surface area contributed by atoms with Gasteiger partial charge in [0.25, 0.3) is 0 Å². The minimum atomic E-state index is 0. The van der Waals surface area contributed by atoms with Crippen LogP contribution >= 0.6 is 24.8 Å². The van der Waals surface area contributed by atoms with Crippen LogP contribution in [0, 0.1) is 0 Å². The van der Waals surface area contributed by atoms with E-state index in [1.54, 1.807) is 6.07 Å². The molecular formula is C10H17Cl2N5. The third-order valence-electron chi connectivity index (χ3n) is 2.28. The molecule has 0 saturated heterocycles. The van der Waals surface area contributed by atoms with E-state index in [1.807, 2.05) is 6.07 Å². The standard InChI is InChI=1S/C10H15N5.2ClH/c11-6-2-1-3-9-13-7-4-5-8(12)14-10(7)15-9;;/h4-5H,1-3,6,11H2,(H3,12,13,14,15);2*1H. The topological polar surface area (TPSA) is 93.6 Å². The molecular weight excluding hydrogens is 261 g/mol. The van der Waals surface area contributed by atoms with Crippen molar-refractivity contribution in [3.63, 3.8) is 0 Å². The van der Waals surface area contributed by atoms with Gasteiger partial charge in [0, 0.05) is 6.42 Å². The van der Waals surface area contributed by atoms with E-state index in [-0.39, 0.29) is 24.8 Å². The molecule has 0 unspecified atom stereocenters.